The molecule has 0 aromatic heterocycles. The van der Waals surface area contributed by atoms with Crippen LogP contribution in [0.25, 0.3) is 0 Å². The maximum Gasteiger partial charge on any atom is 0.331 e. The third kappa shape index (κ3) is 4.95. The molecule has 1 aromatic rings. The standard InChI is InChI=1S/C14H18O4S/c1-4-17-13(15)12(14(16)18-5-2)19-11-8-6-7-10(3)9-11/h6-9,12H,4-5H2,1-3H3. The Kier molecular flexibility index (Phi) is 6.42. The zero-order chi connectivity index (χ0) is 14.3. The minimum Gasteiger partial charge on any atom is -0.465 e. The molecule has 19 heavy (non-hydrogen) atoms. The molecule has 0 bridgehead atoms. The summed E-state index contributed by atoms with van der Waals surface area (Å²) < 4.78 is 9.83. The molecule has 0 amide bonds. The fourth-order valence-corrected chi connectivity index (χ4v) is 2.46. The quantitative estimate of drug-likeness (QED) is 0.456. The Hall–Kier alpha value is -1.49. The van der Waals surface area contributed by atoms with Crippen molar-refractivity contribution in [3.05, 3.63) is 29.8 Å². The summed E-state index contributed by atoms with van der Waals surface area (Å²) >= 11 is 1.15. The summed E-state index contributed by atoms with van der Waals surface area (Å²) in [5.74, 6) is -1.13. The van der Waals surface area contributed by atoms with Gasteiger partial charge in [0.25, 0.3) is 0 Å². The maximum absolute atomic E-state index is 11.8. The first-order chi connectivity index (χ1) is 9.08. The minimum absolute atomic E-state index is 0.239. The molecule has 104 valence electrons. The highest BCUT2D eigenvalue weighted by molar-refractivity contribution is 8.01. The minimum atomic E-state index is -0.971. The Balaban J connectivity index is 2.84. The van der Waals surface area contributed by atoms with Crippen LogP contribution in [-0.4, -0.2) is 30.4 Å². The van der Waals surface area contributed by atoms with E-state index in [0.717, 1.165) is 22.2 Å². The van der Waals surface area contributed by atoms with E-state index in [0.29, 0.717) is 0 Å². The molecule has 0 saturated carbocycles. The molecule has 0 radical (unpaired) electrons. The summed E-state index contributed by atoms with van der Waals surface area (Å²) in [5, 5.41) is -0.971. The number of aryl methyl sites for hydroxylation is 1. The van der Waals surface area contributed by atoms with Crippen molar-refractivity contribution in [2.45, 2.75) is 30.9 Å². The monoisotopic (exact) mass is 282 g/mol. The van der Waals surface area contributed by atoms with Crippen LogP contribution in [0.2, 0.25) is 0 Å². The molecule has 0 heterocycles. The van der Waals surface area contributed by atoms with Gasteiger partial charge in [-0.05, 0) is 32.9 Å². The molecule has 0 saturated heterocycles. The van der Waals surface area contributed by atoms with Crippen molar-refractivity contribution in [1.82, 2.24) is 0 Å². The molecule has 0 aliphatic carbocycles. The number of thioether (sulfide) groups is 1. The third-order valence-corrected chi connectivity index (χ3v) is 3.39. The second kappa shape index (κ2) is 7.84. The predicted octanol–water partition coefficient (Wildman–Crippen LogP) is 2.58. The normalized spacial score (nSPS) is 10.3. The van der Waals surface area contributed by atoms with Gasteiger partial charge in [-0.25, -0.2) is 0 Å². The fourth-order valence-electron chi connectivity index (χ4n) is 1.45. The number of esters is 2. The first-order valence-corrected chi connectivity index (χ1v) is 7.03. The number of ether oxygens (including phenoxy) is 2. The van der Waals surface area contributed by atoms with Gasteiger partial charge in [-0.3, -0.25) is 9.59 Å². The van der Waals surface area contributed by atoms with Crippen LogP contribution in [0.1, 0.15) is 19.4 Å². The summed E-state index contributed by atoms with van der Waals surface area (Å²) in [6, 6.07) is 7.60. The SMILES string of the molecule is CCOC(=O)C(Sc1cccc(C)c1)C(=O)OCC. The van der Waals surface area contributed by atoms with E-state index < -0.39 is 17.2 Å². The third-order valence-electron chi connectivity index (χ3n) is 2.24. The Morgan fingerprint density at radius 2 is 1.74 bits per heavy atom. The zero-order valence-corrected chi connectivity index (χ0v) is 12.2. The van der Waals surface area contributed by atoms with Crippen LogP contribution in [0, 0.1) is 6.92 Å². The zero-order valence-electron chi connectivity index (χ0n) is 11.3. The maximum atomic E-state index is 11.8. The van der Waals surface area contributed by atoms with E-state index >= 15 is 0 Å². The van der Waals surface area contributed by atoms with Crippen molar-refractivity contribution in [2.24, 2.45) is 0 Å². The summed E-state index contributed by atoms with van der Waals surface area (Å²) in [6.45, 7) is 5.84. The van der Waals surface area contributed by atoms with Gasteiger partial charge in [0.2, 0.25) is 5.25 Å². The fraction of sp³-hybridized carbons (Fsp3) is 0.429. The van der Waals surface area contributed by atoms with Crippen LogP contribution in [0.4, 0.5) is 0 Å². The van der Waals surface area contributed by atoms with E-state index in [-0.39, 0.29) is 13.2 Å². The van der Waals surface area contributed by atoms with Crippen LogP contribution in [0.15, 0.2) is 29.2 Å². The van der Waals surface area contributed by atoms with E-state index in [1.807, 2.05) is 31.2 Å². The van der Waals surface area contributed by atoms with Crippen molar-refractivity contribution < 1.29 is 19.1 Å². The van der Waals surface area contributed by atoms with Gasteiger partial charge in [0.1, 0.15) is 0 Å². The van der Waals surface area contributed by atoms with Crippen LogP contribution >= 0.6 is 11.8 Å². The molecule has 0 unspecified atom stereocenters. The molecule has 4 nitrogen and oxygen atoms in total. The number of rotatable bonds is 6. The first kappa shape index (κ1) is 15.6. The molecular weight excluding hydrogens is 264 g/mol. The van der Waals surface area contributed by atoms with Gasteiger partial charge in [0.15, 0.2) is 0 Å². The Morgan fingerprint density at radius 1 is 1.16 bits per heavy atom. The summed E-state index contributed by atoms with van der Waals surface area (Å²) in [7, 11) is 0. The van der Waals surface area contributed by atoms with Crippen molar-refractivity contribution in [3.63, 3.8) is 0 Å². The van der Waals surface area contributed by atoms with Crippen molar-refractivity contribution >= 4 is 23.7 Å². The van der Waals surface area contributed by atoms with E-state index in [1.165, 1.54) is 0 Å². The van der Waals surface area contributed by atoms with Crippen LogP contribution in [0.5, 0.6) is 0 Å². The lowest BCUT2D eigenvalue weighted by Gasteiger charge is -2.14. The highest BCUT2D eigenvalue weighted by Crippen LogP contribution is 2.26. The molecule has 0 atom stereocenters. The Morgan fingerprint density at radius 3 is 2.21 bits per heavy atom. The van der Waals surface area contributed by atoms with Crippen molar-refractivity contribution in [1.29, 1.82) is 0 Å². The predicted molar refractivity (Wildman–Crippen MR) is 74.1 cm³/mol. The van der Waals surface area contributed by atoms with Gasteiger partial charge >= 0.3 is 11.9 Å². The topological polar surface area (TPSA) is 52.6 Å². The molecule has 0 N–H and O–H groups in total. The lowest BCUT2D eigenvalue weighted by atomic mass is 10.2. The molecule has 0 spiro atoms. The number of carbonyl (C=O) groups excluding carboxylic acids is 2. The lowest BCUT2D eigenvalue weighted by molar-refractivity contribution is -0.152. The van der Waals surface area contributed by atoms with Gasteiger partial charge < -0.3 is 9.47 Å². The average molecular weight is 282 g/mol. The molecule has 1 aromatic carbocycles. The van der Waals surface area contributed by atoms with Gasteiger partial charge in [0.05, 0.1) is 13.2 Å². The van der Waals surface area contributed by atoms with Crippen molar-refractivity contribution in [3.8, 4) is 0 Å². The number of benzene rings is 1. The first-order valence-electron chi connectivity index (χ1n) is 6.15. The van der Waals surface area contributed by atoms with Crippen LogP contribution < -0.4 is 0 Å². The Bertz CT molecular complexity index is 427. The van der Waals surface area contributed by atoms with Gasteiger partial charge in [-0.2, -0.15) is 0 Å². The lowest BCUT2D eigenvalue weighted by Crippen LogP contribution is -2.30. The highest BCUT2D eigenvalue weighted by Gasteiger charge is 2.30. The number of hydrogen-bond acceptors (Lipinski definition) is 5. The van der Waals surface area contributed by atoms with Crippen LogP contribution in [0.3, 0.4) is 0 Å². The second-order valence-electron chi connectivity index (χ2n) is 3.82. The van der Waals surface area contributed by atoms with Crippen molar-refractivity contribution in [2.75, 3.05) is 13.2 Å². The molecular formula is C14H18O4S. The highest BCUT2D eigenvalue weighted by atomic mass is 32.2. The summed E-state index contributed by atoms with van der Waals surface area (Å²) in [4.78, 5) is 24.4. The molecule has 1 rings (SSSR count). The average Bonchev–Trinajstić information content (AvgIpc) is 2.36. The second-order valence-corrected chi connectivity index (χ2v) is 5.00. The van der Waals surface area contributed by atoms with E-state index in [9.17, 15) is 9.59 Å². The van der Waals surface area contributed by atoms with Crippen LogP contribution in [-0.2, 0) is 19.1 Å². The Labute approximate surface area is 117 Å². The summed E-state index contributed by atoms with van der Waals surface area (Å²) in [5.41, 5.74) is 1.07. The molecule has 5 heteroatoms. The van der Waals surface area contributed by atoms with Gasteiger partial charge in [-0.15, -0.1) is 0 Å². The smallest absolute Gasteiger partial charge is 0.331 e. The van der Waals surface area contributed by atoms with E-state index in [4.69, 9.17) is 9.47 Å². The molecule has 0 aliphatic heterocycles. The summed E-state index contributed by atoms with van der Waals surface area (Å²) in [6.07, 6.45) is 0. The van der Waals surface area contributed by atoms with Gasteiger partial charge in [-0.1, -0.05) is 29.5 Å². The number of hydrogen-bond donors (Lipinski definition) is 0. The van der Waals surface area contributed by atoms with Gasteiger partial charge in [0, 0.05) is 4.90 Å². The van der Waals surface area contributed by atoms with E-state index in [1.54, 1.807) is 13.8 Å². The largest absolute Gasteiger partial charge is 0.465 e. The number of carbonyl (C=O) groups is 2. The van der Waals surface area contributed by atoms with E-state index in [2.05, 4.69) is 0 Å². The molecule has 0 aliphatic rings. The molecule has 0 fully saturated rings.